The van der Waals surface area contributed by atoms with Crippen molar-refractivity contribution in [3.63, 3.8) is 0 Å². The highest BCUT2D eigenvalue weighted by atomic mass is 16.5. The van der Waals surface area contributed by atoms with Gasteiger partial charge in [0.05, 0.1) is 18.3 Å². The van der Waals surface area contributed by atoms with Gasteiger partial charge in [-0.2, -0.15) is 0 Å². The maximum atomic E-state index is 9.36. The van der Waals surface area contributed by atoms with Gasteiger partial charge in [-0.05, 0) is 25.2 Å². The van der Waals surface area contributed by atoms with Crippen molar-refractivity contribution in [2.45, 2.75) is 37.6 Å². The quantitative estimate of drug-likeness (QED) is 0.532. The smallest absolute Gasteiger partial charge is 0.0636 e. The number of hydrogen-bond acceptors (Lipinski definition) is 2. The number of fused-ring (bicyclic) bond motifs is 5. The lowest BCUT2D eigenvalue weighted by Gasteiger charge is -2.41. The fourth-order valence-electron chi connectivity index (χ4n) is 2.89. The largest absolute Gasteiger partial charge is 0.393 e. The molecule has 5 atom stereocenters. The summed E-state index contributed by atoms with van der Waals surface area (Å²) in [5, 5.41) is 9.36. The summed E-state index contributed by atoms with van der Waals surface area (Å²) < 4.78 is 5.67. The Hall–Kier alpha value is -0.0800. The average molecular weight is 140 g/mol. The lowest BCUT2D eigenvalue weighted by molar-refractivity contribution is -0.0396. The zero-order valence-corrected chi connectivity index (χ0v) is 5.86. The first-order chi connectivity index (χ1) is 4.86. The van der Waals surface area contributed by atoms with Crippen molar-refractivity contribution in [1.29, 1.82) is 0 Å². The monoisotopic (exact) mass is 140 g/mol. The number of rotatable bonds is 0. The van der Waals surface area contributed by atoms with Crippen molar-refractivity contribution in [2.24, 2.45) is 11.8 Å². The molecule has 0 amide bonds. The van der Waals surface area contributed by atoms with E-state index in [1.165, 1.54) is 12.8 Å². The van der Waals surface area contributed by atoms with Crippen LogP contribution in [-0.2, 0) is 4.74 Å². The summed E-state index contributed by atoms with van der Waals surface area (Å²) in [5.41, 5.74) is 0. The summed E-state index contributed by atoms with van der Waals surface area (Å²) in [6.07, 6.45) is 4.38. The fourth-order valence-corrected chi connectivity index (χ4v) is 2.89. The van der Waals surface area contributed by atoms with E-state index < -0.39 is 0 Å². The van der Waals surface area contributed by atoms with Gasteiger partial charge >= 0.3 is 0 Å². The molecular weight excluding hydrogens is 128 g/mol. The van der Waals surface area contributed by atoms with E-state index in [0.29, 0.717) is 18.1 Å². The van der Waals surface area contributed by atoms with E-state index in [1.54, 1.807) is 0 Å². The summed E-state index contributed by atoms with van der Waals surface area (Å²) >= 11 is 0. The van der Waals surface area contributed by atoms with Crippen LogP contribution in [0.5, 0.6) is 0 Å². The van der Waals surface area contributed by atoms with Gasteiger partial charge in [-0.1, -0.05) is 0 Å². The van der Waals surface area contributed by atoms with Gasteiger partial charge in [-0.25, -0.2) is 0 Å². The molecule has 2 aliphatic heterocycles. The first-order valence-corrected chi connectivity index (χ1v) is 4.20. The van der Waals surface area contributed by atoms with Crippen LogP contribution in [0, 0.1) is 11.8 Å². The first kappa shape index (κ1) is 5.56. The Kier molecular flexibility index (Phi) is 0.868. The Bertz CT molecular complexity index is 167. The van der Waals surface area contributed by atoms with Crippen molar-refractivity contribution >= 4 is 0 Å². The maximum Gasteiger partial charge on any atom is 0.0636 e. The van der Waals surface area contributed by atoms with Crippen molar-refractivity contribution in [2.75, 3.05) is 0 Å². The van der Waals surface area contributed by atoms with E-state index in [9.17, 15) is 5.11 Å². The Labute approximate surface area is 60.2 Å². The minimum absolute atomic E-state index is 0.0275. The molecule has 0 spiro atoms. The van der Waals surface area contributed by atoms with Crippen LogP contribution in [0.4, 0.5) is 0 Å². The number of aliphatic hydroxyl groups is 1. The van der Waals surface area contributed by atoms with Gasteiger partial charge < -0.3 is 9.84 Å². The number of ether oxygens (including phenoxy) is 1. The van der Waals surface area contributed by atoms with Crippen molar-refractivity contribution in [3.05, 3.63) is 0 Å². The highest BCUT2D eigenvalue weighted by Gasteiger charge is 2.58. The van der Waals surface area contributed by atoms with E-state index >= 15 is 0 Å². The van der Waals surface area contributed by atoms with E-state index in [4.69, 9.17) is 4.74 Å². The molecule has 3 fully saturated rings. The second-order valence-electron chi connectivity index (χ2n) is 3.83. The van der Waals surface area contributed by atoms with Crippen LogP contribution < -0.4 is 0 Å². The fraction of sp³-hybridized carbons (Fsp3) is 1.00. The second-order valence-corrected chi connectivity index (χ2v) is 3.83. The third-order valence-corrected chi connectivity index (χ3v) is 3.44. The molecule has 2 saturated heterocycles. The van der Waals surface area contributed by atoms with Crippen LogP contribution >= 0.6 is 0 Å². The average Bonchev–Trinajstić information content (AvgIpc) is 2.40. The van der Waals surface area contributed by atoms with Crippen LogP contribution in [0.1, 0.15) is 19.3 Å². The molecule has 0 aromatic carbocycles. The third-order valence-electron chi connectivity index (χ3n) is 3.44. The van der Waals surface area contributed by atoms with E-state index in [1.807, 2.05) is 0 Å². The summed E-state index contributed by atoms with van der Waals surface area (Å²) in [6.45, 7) is 0. The molecule has 2 bridgehead atoms. The van der Waals surface area contributed by atoms with Gasteiger partial charge in [-0.15, -0.1) is 0 Å². The topological polar surface area (TPSA) is 29.5 Å². The molecule has 2 heteroatoms. The molecule has 0 radical (unpaired) electrons. The molecule has 1 saturated carbocycles. The zero-order chi connectivity index (χ0) is 6.72. The molecule has 3 aliphatic rings. The van der Waals surface area contributed by atoms with Gasteiger partial charge in [-0.3, -0.25) is 0 Å². The lowest BCUT2D eigenvalue weighted by Crippen LogP contribution is -2.47. The van der Waals surface area contributed by atoms with Crippen molar-refractivity contribution in [1.82, 2.24) is 0 Å². The van der Waals surface area contributed by atoms with E-state index in [2.05, 4.69) is 0 Å². The van der Waals surface area contributed by atoms with Gasteiger partial charge in [0.2, 0.25) is 0 Å². The summed E-state index contributed by atoms with van der Waals surface area (Å²) in [6, 6.07) is 0. The molecule has 3 unspecified atom stereocenters. The van der Waals surface area contributed by atoms with E-state index in [0.717, 1.165) is 12.3 Å². The summed E-state index contributed by atoms with van der Waals surface area (Å²) in [4.78, 5) is 0. The predicted octanol–water partition coefficient (Wildman–Crippen LogP) is 0.545. The standard InChI is InChI=1S/C8H12O2/c9-5-3-4-6-1-2-7(10-6)8(4)5/h4-9H,1-3H2/t4-,5?,6?,7?,8+/m0/s1. The number of aliphatic hydroxyl groups excluding tert-OH is 1. The SMILES string of the molecule is OC1C[C@H]2C3CCC(O3)[C@@H]12. The molecule has 0 aromatic rings. The van der Waals surface area contributed by atoms with Crippen molar-refractivity contribution < 1.29 is 9.84 Å². The van der Waals surface area contributed by atoms with Crippen LogP contribution in [0.2, 0.25) is 0 Å². The van der Waals surface area contributed by atoms with Gasteiger partial charge in [0.1, 0.15) is 0 Å². The zero-order valence-electron chi connectivity index (χ0n) is 5.86. The third kappa shape index (κ3) is 0.453. The van der Waals surface area contributed by atoms with Crippen LogP contribution in [0.15, 0.2) is 0 Å². The van der Waals surface area contributed by atoms with Crippen LogP contribution in [-0.4, -0.2) is 23.4 Å². The molecule has 0 aromatic heterocycles. The molecule has 56 valence electrons. The van der Waals surface area contributed by atoms with Gasteiger partial charge in [0, 0.05) is 5.92 Å². The van der Waals surface area contributed by atoms with Crippen molar-refractivity contribution in [3.8, 4) is 0 Å². The number of hydrogen-bond donors (Lipinski definition) is 1. The highest BCUT2D eigenvalue weighted by Crippen LogP contribution is 2.53. The van der Waals surface area contributed by atoms with E-state index in [-0.39, 0.29) is 6.10 Å². The predicted molar refractivity (Wildman–Crippen MR) is 35.5 cm³/mol. The van der Waals surface area contributed by atoms with Gasteiger partial charge in [0.15, 0.2) is 0 Å². The Morgan fingerprint density at radius 1 is 1.20 bits per heavy atom. The summed E-state index contributed by atoms with van der Waals surface area (Å²) in [7, 11) is 0. The maximum absolute atomic E-state index is 9.36. The van der Waals surface area contributed by atoms with Crippen LogP contribution in [0.25, 0.3) is 0 Å². The lowest BCUT2D eigenvalue weighted by atomic mass is 9.64. The summed E-state index contributed by atoms with van der Waals surface area (Å²) in [5.74, 6) is 1.26. The Morgan fingerprint density at radius 3 is 2.60 bits per heavy atom. The Morgan fingerprint density at radius 2 is 2.00 bits per heavy atom. The Balaban J connectivity index is 1.89. The van der Waals surface area contributed by atoms with Crippen LogP contribution in [0.3, 0.4) is 0 Å². The minimum Gasteiger partial charge on any atom is -0.393 e. The first-order valence-electron chi connectivity index (χ1n) is 4.20. The molecule has 3 rings (SSSR count). The molecule has 1 N–H and O–H groups in total. The molecule has 2 heterocycles. The molecular formula is C8H12O2. The highest BCUT2D eigenvalue weighted by molar-refractivity contribution is 5.06. The minimum atomic E-state index is -0.0275. The molecule has 1 aliphatic carbocycles. The van der Waals surface area contributed by atoms with Gasteiger partial charge in [0.25, 0.3) is 0 Å². The normalized spacial score (nSPS) is 63.9. The molecule has 2 nitrogen and oxygen atoms in total. The molecule has 10 heavy (non-hydrogen) atoms. The second kappa shape index (κ2) is 1.56.